The molecule has 2 aromatic heterocycles. The summed E-state index contributed by atoms with van der Waals surface area (Å²) in [5.41, 5.74) is 6.47. The molecule has 0 bridgehead atoms. The van der Waals surface area contributed by atoms with E-state index in [0.29, 0.717) is 67.2 Å². The molecule has 0 spiro atoms. The molecule has 7 aromatic carbocycles. The number of para-hydroxylation sites is 2. The molecule has 0 unspecified atom stereocenters. The minimum Gasteiger partial charge on any atom is -0.505 e. The Labute approximate surface area is 343 Å². The summed E-state index contributed by atoms with van der Waals surface area (Å²) < 4.78 is 0. The molecule has 0 fully saturated rings. The third-order valence-corrected chi connectivity index (χ3v) is 10.9. The Morgan fingerprint density at radius 3 is 2.21 bits per heavy atom. The van der Waals surface area contributed by atoms with Crippen LogP contribution >= 0.6 is 0 Å². The number of carbonyl (C=O) groups is 3. The van der Waals surface area contributed by atoms with E-state index in [9.17, 15) is 24.3 Å². The Bertz CT molecular complexity index is 3560. The molecule has 7 N–H and O–H groups in total. The molecule has 4 heterocycles. The Morgan fingerprint density at radius 1 is 0.623 bits per heavy atom. The SMILES string of the molecule is O=C1Nc2ccccc2C(=O)/C1=C1\NC(=Nc2ccc(N=Nc3c(O)c(C(=O)Nc4ccc5[nH]c(=O)[nH]c5c4)cc4ccc5c6ccccc6[nH]c5c34)cc2)c2ccccc21. The minimum atomic E-state index is -0.590. The topological polar surface area (TPSA) is 209 Å². The number of phenols is 1. The number of Topliss-reactive ketones (excluding diaryl/α,β-unsaturated/α-hetero) is 1. The molecule has 14 nitrogen and oxygen atoms in total. The van der Waals surface area contributed by atoms with Gasteiger partial charge in [-0.25, -0.2) is 9.79 Å². The zero-order valence-electron chi connectivity index (χ0n) is 31.6. The predicted octanol–water partition coefficient (Wildman–Crippen LogP) is 9.24. The summed E-state index contributed by atoms with van der Waals surface area (Å²) >= 11 is 0. The van der Waals surface area contributed by atoms with Gasteiger partial charge >= 0.3 is 5.69 Å². The molecule has 0 atom stereocenters. The first-order chi connectivity index (χ1) is 29.8. The maximum Gasteiger partial charge on any atom is 0.323 e. The van der Waals surface area contributed by atoms with Gasteiger partial charge in [0, 0.05) is 44.1 Å². The number of hydrogen-bond donors (Lipinski definition) is 7. The summed E-state index contributed by atoms with van der Waals surface area (Å²) in [7, 11) is 0. The zero-order valence-corrected chi connectivity index (χ0v) is 31.6. The van der Waals surface area contributed by atoms with Crippen molar-refractivity contribution in [2.24, 2.45) is 15.2 Å². The maximum atomic E-state index is 13.8. The van der Waals surface area contributed by atoms with Crippen LogP contribution in [0.15, 0.2) is 159 Å². The Kier molecular flexibility index (Phi) is 7.86. The first-order valence-corrected chi connectivity index (χ1v) is 19.2. The van der Waals surface area contributed by atoms with Gasteiger partial charge in [0.05, 0.1) is 44.9 Å². The van der Waals surface area contributed by atoms with E-state index in [4.69, 9.17) is 4.99 Å². The van der Waals surface area contributed by atoms with Crippen molar-refractivity contribution in [2.45, 2.75) is 0 Å². The smallest absolute Gasteiger partial charge is 0.323 e. The van der Waals surface area contributed by atoms with Crippen molar-refractivity contribution in [3.05, 3.63) is 172 Å². The number of nitrogens with one attached hydrogen (secondary N) is 6. The van der Waals surface area contributed by atoms with Gasteiger partial charge in [0.1, 0.15) is 17.1 Å². The number of fused-ring (bicyclic) bond motifs is 8. The molecule has 2 aliphatic heterocycles. The van der Waals surface area contributed by atoms with E-state index in [0.717, 1.165) is 27.4 Å². The van der Waals surface area contributed by atoms with E-state index in [1.807, 2.05) is 60.7 Å². The number of aliphatic imine (C=N–C) groups is 1. The van der Waals surface area contributed by atoms with Crippen LogP contribution in [0, 0.1) is 0 Å². The predicted molar refractivity (Wildman–Crippen MR) is 235 cm³/mol. The number of aromatic nitrogens is 3. The molecule has 0 aliphatic carbocycles. The van der Waals surface area contributed by atoms with E-state index in [1.54, 1.807) is 72.8 Å². The number of anilines is 2. The van der Waals surface area contributed by atoms with Crippen LogP contribution in [0.4, 0.5) is 28.4 Å². The number of aromatic amines is 3. The number of imidazole rings is 1. The average Bonchev–Trinajstić information content (AvgIpc) is 3.96. The van der Waals surface area contributed by atoms with Gasteiger partial charge in [0.15, 0.2) is 5.75 Å². The molecule has 2 aliphatic rings. The first-order valence-electron chi connectivity index (χ1n) is 19.2. The van der Waals surface area contributed by atoms with Crippen molar-refractivity contribution >= 4 is 101 Å². The summed E-state index contributed by atoms with van der Waals surface area (Å²) in [5.74, 6) is -1.38. The van der Waals surface area contributed by atoms with Crippen molar-refractivity contribution < 1.29 is 19.5 Å². The fourth-order valence-electron chi connectivity index (χ4n) is 8.08. The van der Waals surface area contributed by atoms with Crippen LogP contribution < -0.4 is 21.6 Å². The van der Waals surface area contributed by atoms with Gasteiger partial charge < -0.3 is 36.0 Å². The minimum absolute atomic E-state index is 0.00457. The van der Waals surface area contributed by atoms with E-state index >= 15 is 0 Å². The van der Waals surface area contributed by atoms with Crippen LogP contribution in [0.5, 0.6) is 5.75 Å². The molecule has 292 valence electrons. The molecule has 0 saturated carbocycles. The number of rotatable bonds is 5. The summed E-state index contributed by atoms with van der Waals surface area (Å²) in [6.45, 7) is 0. The number of amidine groups is 1. The maximum absolute atomic E-state index is 13.8. The number of aromatic hydroxyl groups is 1. The van der Waals surface area contributed by atoms with Gasteiger partial charge in [-0.2, -0.15) is 5.11 Å². The van der Waals surface area contributed by atoms with Crippen LogP contribution in [-0.2, 0) is 4.79 Å². The lowest BCUT2D eigenvalue weighted by atomic mass is 9.93. The van der Waals surface area contributed by atoms with Crippen molar-refractivity contribution in [1.82, 2.24) is 20.3 Å². The summed E-state index contributed by atoms with van der Waals surface area (Å²) in [6.07, 6.45) is 0. The standard InChI is InChI=1S/C47H29N9O5/c57-42-31-10-4-6-12-34(31)51-46(60)38(42)40-28-8-1-2-9-30(28)44(54-40)48-24-14-16-25(17-15-24)55-56-41-37-23(13-19-29-27-7-3-5-11-33(27)50-39(29)37)21-32(43(41)58)45(59)49-26-18-20-35-36(22-26)53-47(61)52-35/h1-22,50,58H,(H,48,54)(H,49,59)(H,51,60)(H2,52,53,61)/b40-38+,56-55?. The van der Waals surface area contributed by atoms with Gasteiger partial charge in [0.25, 0.3) is 11.8 Å². The highest BCUT2D eigenvalue weighted by Crippen LogP contribution is 2.44. The lowest BCUT2D eigenvalue weighted by Crippen LogP contribution is -2.30. The van der Waals surface area contributed by atoms with E-state index in [1.165, 1.54) is 0 Å². The van der Waals surface area contributed by atoms with Crippen LogP contribution in [0.3, 0.4) is 0 Å². The quantitative estimate of drug-likeness (QED) is 0.0512. The second-order valence-electron chi connectivity index (χ2n) is 14.6. The van der Waals surface area contributed by atoms with Crippen LogP contribution in [0.25, 0.3) is 49.3 Å². The van der Waals surface area contributed by atoms with E-state index < -0.39 is 11.8 Å². The molecule has 14 heteroatoms. The van der Waals surface area contributed by atoms with Gasteiger partial charge in [0.2, 0.25) is 5.78 Å². The molecule has 11 rings (SSSR count). The molecule has 2 amide bonds. The molecule has 61 heavy (non-hydrogen) atoms. The highest BCUT2D eigenvalue weighted by Gasteiger charge is 2.35. The number of benzene rings is 7. The number of ketones is 1. The number of amides is 2. The second kappa shape index (κ2) is 13.6. The number of phenolic OH excluding ortho intramolecular Hbond substituents is 1. The molecular formula is C47H29N9O5. The number of H-pyrrole nitrogens is 3. The molecular weight excluding hydrogens is 771 g/mol. The Balaban J connectivity index is 0.951. The normalized spacial score (nSPS) is 15.5. The Hall–Kier alpha value is -8.91. The number of nitrogens with zero attached hydrogens (tertiary/aromatic N) is 3. The number of carbonyl (C=O) groups excluding carboxylic acids is 3. The average molecular weight is 800 g/mol. The number of hydrogen-bond acceptors (Lipinski definition) is 8. The summed E-state index contributed by atoms with van der Waals surface area (Å²) in [6, 6.07) is 39.5. The second-order valence-corrected chi connectivity index (χ2v) is 14.6. The third kappa shape index (κ3) is 5.85. The van der Waals surface area contributed by atoms with Gasteiger partial charge in [-0.3, -0.25) is 14.4 Å². The third-order valence-electron chi connectivity index (χ3n) is 10.9. The number of azo groups is 1. The molecule has 0 saturated heterocycles. The van der Waals surface area contributed by atoms with Crippen molar-refractivity contribution in [1.29, 1.82) is 0 Å². The highest BCUT2D eigenvalue weighted by atomic mass is 16.3. The van der Waals surface area contributed by atoms with Crippen LogP contribution in [0.2, 0.25) is 0 Å². The Morgan fingerprint density at radius 2 is 1.36 bits per heavy atom. The fourth-order valence-corrected chi connectivity index (χ4v) is 8.08. The monoisotopic (exact) mass is 799 g/mol. The van der Waals surface area contributed by atoms with Crippen molar-refractivity contribution in [3.63, 3.8) is 0 Å². The van der Waals surface area contributed by atoms with E-state index in [2.05, 4.69) is 41.1 Å². The van der Waals surface area contributed by atoms with Crippen molar-refractivity contribution in [2.75, 3.05) is 10.6 Å². The lowest BCUT2D eigenvalue weighted by Gasteiger charge is -2.19. The van der Waals surface area contributed by atoms with Gasteiger partial charge in [-0.1, -0.05) is 66.7 Å². The van der Waals surface area contributed by atoms with Crippen molar-refractivity contribution in [3.8, 4) is 5.75 Å². The first kappa shape index (κ1) is 35.3. The lowest BCUT2D eigenvalue weighted by molar-refractivity contribution is -0.112. The molecule has 9 aromatic rings. The van der Waals surface area contributed by atoms with Gasteiger partial charge in [-0.15, -0.1) is 5.11 Å². The molecule has 0 radical (unpaired) electrons. The highest BCUT2D eigenvalue weighted by molar-refractivity contribution is 6.38. The summed E-state index contributed by atoms with van der Waals surface area (Å²) in [4.78, 5) is 66.1. The van der Waals surface area contributed by atoms with E-state index in [-0.39, 0.29) is 34.0 Å². The zero-order chi connectivity index (χ0) is 41.4. The fraction of sp³-hybridized carbons (Fsp3) is 0. The summed E-state index contributed by atoms with van der Waals surface area (Å²) in [5, 5.41) is 32.9. The van der Waals surface area contributed by atoms with Crippen LogP contribution in [0.1, 0.15) is 31.8 Å². The largest absolute Gasteiger partial charge is 0.505 e. The van der Waals surface area contributed by atoms with Gasteiger partial charge in [-0.05, 0) is 72.1 Å². The van der Waals surface area contributed by atoms with Crippen LogP contribution in [-0.4, -0.2) is 43.5 Å².